The van der Waals surface area contributed by atoms with Crippen LogP contribution < -0.4 is 0 Å². The van der Waals surface area contributed by atoms with E-state index in [0.29, 0.717) is 17.1 Å². The van der Waals surface area contributed by atoms with E-state index in [0.717, 1.165) is 50.7 Å². The van der Waals surface area contributed by atoms with Crippen LogP contribution in [0.4, 0.5) is 0 Å². The van der Waals surface area contributed by atoms with Crippen molar-refractivity contribution in [2.24, 2.45) is 0 Å². The Morgan fingerprint density at radius 3 is 1.60 bits per heavy atom. The SMILES string of the molecule is O=C1C=C(N2CC2)C(=O)C(N2CC2)=C1N1CC1.[Co].c1ccc(-c2ccccn2)nc1. The van der Waals surface area contributed by atoms with Crippen LogP contribution in [0.25, 0.3) is 11.4 Å². The van der Waals surface area contributed by atoms with Crippen LogP contribution in [-0.4, -0.2) is 75.5 Å². The molecule has 1 aliphatic carbocycles. The Morgan fingerprint density at radius 1 is 0.667 bits per heavy atom. The van der Waals surface area contributed by atoms with E-state index >= 15 is 0 Å². The van der Waals surface area contributed by atoms with Gasteiger partial charge in [0.25, 0.3) is 0 Å². The molecule has 0 amide bonds. The van der Waals surface area contributed by atoms with E-state index in [1.54, 1.807) is 12.4 Å². The van der Waals surface area contributed by atoms with Gasteiger partial charge in [0, 0.05) is 74.5 Å². The molecule has 0 spiro atoms. The first-order chi connectivity index (χ1) is 14.2. The molecule has 3 aliphatic heterocycles. The summed E-state index contributed by atoms with van der Waals surface area (Å²) in [5, 5.41) is 0. The zero-order valence-electron chi connectivity index (χ0n) is 16.3. The molecule has 155 valence electrons. The standard InChI is InChI=1S/C12H13N3O2.C10H8N2.Co/c16-9-7-8(13-1-2-13)12(17)11(15-5-6-15)10(9)14-3-4-14;1-3-7-11-9(5-1)10-6-2-4-8-12-10;/h7H,1-6H2;1-8H;. The van der Waals surface area contributed by atoms with E-state index in [2.05, 4.69) is 9.97 Å². The Hall–Kier alpha value is -2.97. The molecule has 2 aromatic heterocycles. The molecule has 0 N–H and O–H groups in total. The minimum absolute atomic E-state index is 0. The van der Waals surface area contributed by atoms with E-state index in [4.69, 9.17) is 0 Å². The van der Waals surface area contributed by atoms with Gasteiger partial charge in [-0.15, -0.1) is 0 Å². The molecule has 6 rings (SSSR count). The van der Waals surface area contributed by atoms with Gasteiger partial charge in [-0.25, -0.2) is 0 Å². The summed E-state index contributed by atoms with van der Waals surface area (Å²) in [5.41, 5.74) is 3.72. The van der Waals surface area contributed by atoms with E-state index in [9.17, 15) is 9.59 Å². The maximum absolute atomic E-state index is 12.4. The third kappa shape index (κ3) is 4.29. The summed E-state index contributed by atoms with van der Waals surface area (Å²) in [6.07, 6.45) is 5.06. The van der Waals surface area contributed by atoms with Crippen LogP contribution in [0.3, 0.4) is 0 Å². The molecule has 0 atom stereocenters. The number of ketones is 2. The van der Waals surface area contributed by atoms with Crippen molar-refractivity contribution in [1.29, 1.82) is 0 Å². The predicted octanol–water partition coefficient (Wildman–Crippen LogP) is 1.32. The monoisotopic (exact) mass is 446 g/mol. The summed E-state index contributed by atoms with van der Waals surface area (Å²) in [7, 11) is 0. The summed E-state index contributed by atoms with van der Waals surface area (Å²) in [5.74, 6) is 0.0485. The van der Waals surface area contributed by atoms with Crippen molar-refractivity contribution in [2.45, 2.75) is 0 Å². The smallest absolute Gasteiger partial charge is 0.227 e. The average molecular weight is 446 g/mol. The van der Waals surface area contributed by atoms with E-state index < -0.39 is 0 Å². The number of pyridine rings is 2. The number of Topliss-reactive ketones (excluding diaryl/α,β-unsaturated/α-hetero) is 1. The Bertz CT molecular complexity index is 973. The van der Waals surface area contributed by atoms with Gasteiger partial charge in [0.1, 0.15) is 11.4 Å². The van der Waals surface area contributed by atoms with Crippen molar-refractivity contribution in [3.05, 3.63) is 72.0 Å². The van der Waals surface area contributed by atoms with Crippen LogP contribution in [0.2, 0.25) is 0 Å². The number of carbonyl (C=O) groups is 2. The number of allylic oxidation sites excluding steroid dienone is 1. The van der Waals surface area contributed by atoms with Crippen molar-refractivity contribution < 1.29 is 26.4 Å². The second-order valence-electron chi connectivity index (χ2n) is 7.31. The first-order valence-electron chi connectivity index (χ1n) is 9.84. The van der Waals surface area contributed by atoms with Crippen molar-refractivity contribution in [2.75, 3.05) is 39.3 Å². The third-order valence-electron chi connectivity index (χ3n) is 5.08. The third-order valence-corrected chi connectivity index (χ3v) is 5.08. The molecule has 1 radical (unpaired) electrons. The zero-order valence-corrected chi connectivity index (χ0v) is 17.4. The van der Waals surface area contributed by atoms with Gasteiger partial charge in [0.05, 0.1) is 17.1 Å². The van der Waals surface area contributed by atoms with Crippen LogP contribution in [0.1, 0.15) is 0 Å². The maximum atomic E-state index is 12.4. The minimum Gasteiger partial charge on any atom is -0.365 e. The molecule has 0 saturated carbocycles. The Morgan fingerprint density at radius 2 is 1.17 bits per heavy atom. The van der Waals surface area contributed by atoms with Gasteiger partial charge in [0.2, 0.25) is 11.6 Å². The number of carbonyl (C=O) groups excluding carboxylic acids is 2. The fraction of sp³-hybridized carbons (Fsp3) is 0.273. The molecule has 0 aromatic carbocycles. The molecule has 30 heavy (non-hydrogen) atoms. The second-order valence-corrected chi connectivity index (χ2v) is 7.31. The summed E-state index contributed by atoms with van der Waals surface area (Å²) >= 11 is 0. The van der Waals surface area contributed by atoms with Crippen LogP contribution >= 0.6 is 0 Å². The van der Waals surface area contributed by atoms with Gasteiger partial charge in [-0.1, -0.05) is 12.1 Å². The fourth-order valence-corrected chi connectivity index (χ4v) is 3.30. The summed E-state index contributed by atoms with van der Waals surface area (Å²) in [6.45, 7) is 5.41. The topological polar surface area (TPSA) is 68.9 Å². The summed E-state index contributed by atoms with van der Waals surface area (Å²) < 4.78 is 0. The largest absolute Gasteiger partial charge is 0.365 e. The second kappa shape index (κ2) is 8.41. The van der Waals surface area contributed by atoms with Crippen LogP contribution in [0, 0.1) is 0 Å². The molecule has 3 saturated heterocycles. The minimum atomic E-state index is 0. The van der Waals surface area contributed by atoms with E-state index in [1.165, 1.54) is 6.08 Å². The number of hydrogen-bond acceptors (Lipinski definition) is 7. The zero-order chi connectivity index (χ0) is 19.8. The van der Waals surface area contributed by atoms with Gasteiger partial charge in [-0.3, -0.25) is 19.6 Å². The Kier molecular flexibility index (Phi) is 5.69. The van der Waals surface area contributed by atoms with Crippen LogP contribution in [0.5, 0.6) is 0 Å². The van der Waals surface area contributed by atoms with Gasteiger partial charge in [-0.2, -0.15) is 0 Å². The van der Waals surface area contributed by atoms with Crippen molar-refractivity contribution in [3.8, 4) is 11.4 Å². The molecule has 5 heterocycles. The Labute approximate surface area is 185 Å². The molecular formula is C22H21CoN5O2. The number of nitrogens with zero attached hydrogens (tertiary/aromatic N) is 5. The van der Waals surface area contributed by atoms with Crippen LogP contribution in [0.15, 0.2) is 72.0 Å². The first-order valence-corrected chi connectivity index (χ1v) is 9.84. The molecule has 4 aliphatic rings. The van der Waals surface area contributed by atoms with Gasteiger partial charge in [0.15, 0.2) is 0 Å². The molecule has 2 aromatic rings. The Balaban J connectivity index is 0.000000149. The fourth-order valence-electron chi connectivity index (χ4n) is 3.30. The van der Waals surface area contributed by atoms with Gasteiger partial charge < -0.3 is 14.7 Å². The number of hydrogen-bond donors (Lipinski definition) is 0. The molecule has 3 fully saturated rings. The molecule has 0 unspecified atom stereocenters. The van der Waals surface area contributed by atoms with Gasteiger partial charge >= 0.3 is 0 Å². The van der Waals surface area contributed by atoms with Crippen molar-refractivity contribution in [1.82, 2.24) is 24.7 Å². The normalized spacial score (nSPS) is 18.9. The number of rotatable bonds is 4. The summed E-state index contributed by atoms with van der Waals surface area (Å²) in [6, 6.07) is 11.6. The molecular weight excluding hydrogens is 425 g/mol. The van der Waals surface area contributed by atoms with Gasteiger partial charge in [-0.05, 0) is 24.3 Å². The molecule has 0 bridgehead atoms. The summed E-state index contributed by atoms with van der Waals surface area (Å²) in [4.78, 5) is 38.8. The van der Waals surface area contributed by atoms with E-state index in [-0.39, 0.29) is 28.3 Å². The maximum Gasteiger partial charge on any atom is 0.227 e. The first kappa shape index (κ1) is 20.3. The van der Waals surface area contributed by atoms with Crippen molar-refractivity contribution >= 4 is 11.6 Å². The average Bonchev–Trinajstić information content (AvgIpc) is 3.60. The van der Waals surface area contributed by atoms with Crippen molar-refractivity contribution in [3.63, 3.8) is 0 Å². The van der Waals surface area contributed by atoms with E-state index in [1.807, 2.05) is 51.1 Å². The molecule has 7 nitrogen and oxygen atoms in total. The van der Waals surface area contributed by atoms with Crippen LogP contribution in [-0.2, 0) is 26.4 Å². The predicted molar refractivity (Wildman–Crippen MR) is 107 cm³/mol. The quantitative estimate of drug-likeness (QED) is 0.519. The molecule has 8 heteroatoms. The number of aromatic nitrogens is 2.